The molecule has 0 bridgehead atoms. The van der Waals surface area contributed by atoms with E-state index in [9.17, 15) is 0 Å². The van der Waals surface area contributed by atoms with Gasteiger partial charge < -0.3 is 15.2 Å². The lowest BCUT2D eigenvalue weighted by molar-refractivity contribution is 0.122. The van der Waals surface area contributed by atoms with E-state index in [2.05, 4.69) is 24.3 Å². The first-order chi connectivity index (χ1) is 10.4. The van der Waals surface area contributed by atoms with Crippen LogP contribution in [0.25, 0.3) is 0 Å². The molecule has 3 heteroatoms. The molecule has 2 rings (SSSR count). The molecule has 2 aromatic carbocycles. The fourth-order valence-corrected chi connectivity index (χ4v) is 2.09. The van der Waals surface area contributed by atoms with E-state index in [-0.39, 0.29) is 0 Å². The van der Waals surface area contributed by atoms with Crippen molar-refractivity contribution in [2.75, 3.05) is 19.8 Å². The van der Waals surface area contributed by atoms with Crippen LogP contribution in [-0.4, -0.2) is 19.8 Å². The van der Waals surface area contributed by atoms with Gasteiger partial charge in [-0.2, -0.15) is 0 Å². The highest BCUT2D eigenvalue weighted by Gasteiger charge is 2.00. The molecule has 0 aliphatic carbocycles. The maximum atomic E-state index is 5.73. The SMILES string of the molecule is NCc1ccccc1OCCCOCCc1ccccc1. The summed E-state index contributed by atoms with van der Waals surface area (Å²) in [7, 11) is 0. The van der Waals surface area contributed by atoms with Gasteiger partial charge in [-0.3, -0.25) is 0 Å². The Morgan fingerprint density at radius 3 is 2.38 bits per heavy atom. The summed E-state index contributed by atoms with van der Waals surface area (Å²) in [6.45, 7) is 2.63. The Morgan fingerprint density at radius 1 is 0.810 bits per heavy atom. The van der Waals surface area contributed by atoms with E-state index in [0.29, 0.717) is 13.2 Å². The second-order valence-electron chi connectivity index (χ2n) is 4.86. The van der Waals surface area contributed by atoms with Crippen molar-refractivity contribution in [2.24, 2.45) is 5.73 Å². The highest BCUT2D eigenvalue weighted by atomic mass is 16.5. The first-order valence-corrected chi connectivity index (χ1v) is 7.42. The fraction of sp³-hybridized carbons (Fsp3) is 0.333. The normalized spacial score (nSPS) is 10.5. The molecule has 0 radical (unpaired) electrons. The third-order valence-electron chi connectivity index (χ3n) is 3.26. The predicted molar refractivity (Wildman–Crippen MR) is 85.4 cm³/mol. The summed E-state index contributed by atoms with van der Waals surface area (Å²) in [5, 5.41) is 0. The van der Waals surface area contributed by atoms with Crippen LogP contribution in [0.3, 0.4) is 0 Å². The number of nitrogens with two attached hydrogens (primary N) is 1. The lowest BCUT2D eigenvalue weighted by Gasteiger charge is -2.10. The van der Waals surface area contributed by atoms with Crippen LogP contribution < -0.4 is 10.5 Å². The van der Waals surface area contributed by atoms with Crippen molar-refractivity contribution in [1.82, 2.24) is 0 Å². The van der Waals surface area contributed by atoms with Crippen molar-refractivity contribution in [3.05, 3.63) is 65.7 Å². The van der Waals surface area contributed by atoms with E-state index in [1.165, 1.54) is 5.56 Å². The molecule has 0 saturated carbocycles. The molecule has 0 aliphatic rings. The molecule has 0 aliphatic heterocycles. The Morgan fingerprint density at radius 2 is 1.57 bits per heavy atom. The summed E-state index contributed by atoms with van der Waals surface area (Å²) in [6, 6.07) is 18.3. The van der Waals surface area contributed by atoms with Crippen molar-refractivity contribution >= 4 is 0 Å². The molecular formula is C18H23NO2. The van der Waals surface area contributed by atoms with E-state index in [1.807, 2.05) is 30.3 Å². The van der Waals surface area contributed by atoms with E-state index >= 15 is 0 Å². The van der Waals surface area contributed by atoms with Crippen LogP contribution in [0.4, 0.5) is 0 Å². The quantitative estimate of drug-likeness (QED) is 0.720. The van der Waals surface area contributed by atoms with Crippen molar-refractivity contribution in [3.8, 4) is 5.75 Å². The lowest BCUT2D eigenvalue weighted by atomic mass is 10.2. The van der Waals surface area contributed by atoms with Crippen LogP contribution in [0.5, 0.6) is 5.75 Å². The molecule has 2 aromatic rings. The van der Waals surface area contributed by atoms with Gasteiger partial charge >= 0.3 is 0 Å². The van der Waals surface area contributed by atoms with Gasteiger partial charge in [0.25, 0.3) is 0 Å². The summed E-state index contributed by atoms with van der Waals surface area (Å²) in [5.74, 6) is 0.879. The van der Waals surface area contributed by atoms with Crippen molar-refractivity contribution < 1.29 is 9.47 Å². The molecule has 0 amide bonds. The van der Waals surface area contributed by atoms with Crippen LogP contribution in [-0.2, 0) is 17.7 Å². The highest BCUT2D eigenvalue weighted by molar-refractivity contribution is 5.32. The average molecular weight is 285 g/mol. The van der Waals surface area contributed by atoms with Gasteiger partial charge in [0.15, 0.2) is 0 Å². The maximum Gasteiger partial charge on any atom is 0.123 e. The van der Waals surface area contributed by atoms with Crippen molar-refractivity contribution in [3.63, 3.8) is 0 Å². The summed E-state index contributed by atoms with van der Waals surface area (Å²) < 4.78 is 11.4. The molecule has 0 atom stereocenters. The molecule has 112 valence electrons. The zero-order chi connectivity index (χ0) is 14.8. The van der Waals surface area contributed by atoms with E-state index in [4.69, 9.17) is 15.2 Å². The predicted octanol–water partition coefficient (Wildman–Crippen LogP) is 3.17. The molecule has 0 saturated heterocycles. The third-order valence-corrected chi connectivity index (χ3v) is 3.26. The minimum Gasteiger partial charge on any atom is -0.493 e. The minimum atomic E-state index is 0.504. The van der Waals surface area contributed by atoms with Crippen LogP contribution in [0, 0.1) is 0 Å². The molecule has 21 heavy (non-hydrogen) atoms. The Labute approximate surface area is 126 Å². The number of rotatable bonds is 9. The van der Waals surface area contributed by atoms with Gasteiger partial charge in [-0.1, -0.05) is 48.5 Å². The van der Waals surface area contributed by atoms with E-state index < -0.39 is 0 Å². The molecular weight excluding hydrogens is 262 g/mol. The van der Waals surface area contributed by atoms with Gasteiger partial charge in [0.2, 0.25) is 0 Å². The van der Waals surface area contributed by atoms with Crippen molar-refractivity contribution in [2.45, 2.75) is 19.4 Å². The van der Waals surface area contributed by atoms with Gasteiger partial charge in [0.05, 0.1) is 13.2 Å². The highest BCUT2D eigenvalue weighted by Crippen LogP contribution is 2.17. The number of hydrogen-bond acceptors (Lipinski definition) is 3. The Kier molecular flexibility index (Phi) is 6.78. The molecule has 0 aromatic heterocycles. The number of benzene rings is 2. The van der Waals surface area contributed by atoms with E-state index in [0.717, 1.165) is 37.4 Å². The number of hydrogen-bond donors (Lipinski definition) is 1. The maximum absolute atomic E-state index is 5.73. The topological polar surface area (TPSA) is 44.5 Å². The van der Waals surface area contributed by atoms with Crippen LogP contribution in [0.2, 0.25) is 0 Å². The largest absolute Gasteiger partial charge is 0.493 e. The number of para-hydroxylation sites is 1. The van der Waals surface area contributed by atoms with Gasteiger partial charge in [-0.05, 0) is 18.1 Å². The summed E-state index contributed by atoms with van der Waals surface area (Å²) >= 11 is 0. The average Bonchev–Trinajstić information content (AvgIpc) is 2.55. The monoisotopic (exact) mass is 285 g/mol. The van der Waals surface area contributed by atoms with Gasteiger partial charge in [-0.25, -0.2) is 0 Å². The van der Waals surface area contributed by atoms with Crippen LogP contribution in [0.15, 0.2) is 54.6 Å². The molecule has 0 fully saturated rings. The molecule has 3 nitrogen and oxygen atoms in total. The molecule has 0 unspecified atom stereocenters. The summed E-state index contributed by atoms with van der Waals surface area (Å²) in [4.78, 5) is 0. The lowest BCUT2D eigenvalue weighted by Crippen LogP contribution is -2.07. The number of ether oxygens (including phenoxy) is 2. The van der Waals surface area contributed by atoms with Gasteiger partial charge in [0.1, 0.15) is 5.75 Å². The molecule has 0 spiro atoms. The Hall–Kier alpha value is -1.84. The standard InChI is InChI=1S/C18H23NO2/c19-15-17-9-4-5-10-18(17)21-13-6-12-20-14-11-16-7-2-1-3-8-16/h1-5,7-10H,6,11-15,19H2. The Balaban J connectivity index is 1.56. The minimum absolute atomic E-state index is 0.504. The van der Waals surface area contributed by atoms with Gasteiger partial charge in [-0.15, -0.1) is 0 Å². The molecule has 0 heterocycles. The van der Waals surface area contributed by atoms with E-state index in [1.54, 1.807) is 0 Å². The zero-order valence-electron chi connectivity index (χ0n) is 12.3. The van der Waals surface area contributed by atoms with Crippen molar-refractivity contribution in [1.29, 1.82) is 0 Å². The second kappa shape index (κ2) is 9.16. The third kappa shape index (κ3) is 5.58. The van der Waals surface area contributed by atoms with Crippen LogP contribution in [0.1, 0.15) is 17.5 Å². The smallest absolute Gasteiger partial charge is 0.123 e. The Bertz CT molecular complexity index is 514. The second-order valence-corrected chi connectivity index (χ2v) is 4.86. The molecule has 2 N–H and O–H groups in total. The zero-order valence-corrected chi connectivity index (χ0v) is 12.3. The van der Waals surface area contributed by atoms with Crippen LogP contribution >= 0.6 is 0 Å². The summed E-state index contributed by atoms with van der Waals surface area (Å²) in [6.07, 6.45) is 1.84. The summed E-state index contributed by atoms with van der Waals surface area (Å²) in [5.41, 5.74) is 8.03. The first-order valence-electron chi connectivity index (χ1n) is 7.42. The first kappa shape index (κ1) is 15.5. The van der Waals surface area contributed by atoms with Gasteiger partial charge in [0, 0.05) is 25.1 Å². The fourth-order valence-electron chi connectivity index (χ4n) is 2.09.